The van der Waals surface area contributed by atoms with Crippen LogP contribution in [0.2, 0.25) is 0 Å². The van der Waals surface area contributed by atoms with Crippen LogP contribution in [0.5, 0.6) is 11.5 Å². The molecule has 1 heterocycles. The fraction of sp³-hybridized carbons (Fsp3) is 0.619. The summed E-state index contributed by atoms with van der Waals surface area (Å²) in [6.45, 7) is 5.97. The first-order chi connectivity index (χ1) is 13.5. The van der Waals surface area contributed by atoms with Gasteiger partial charge in [0.25, 0.3) is 0 Å². The van der Waals surface area contributed by atoms with Crippen LogP contribution >= 0.6 is 0 Å². The SMILES string of the molecule is CCC(=O)N1CCCC(C(=O)NC(C)c2ccc(OCCOC)c(OC)c2)C1. The van der Waals surface area contributed by atoms with Crippen LogP contribution < -0.4 is 14.8 Å². The number of amides is 2. The van der Waals surface area contributed by atoms with Crippen molar-refractivity contribution in [3.05, 3.63) is 23.8 Å². The van der Waals surface area contributed by atoms with Crippen LogP contribution in [0.1, 0.15) is 44.7 Å². The summed E-state index contributed by atoms with van der Waals surface area (Å²) in [6.07, 6.45) is 2.14. The summed E-state index contributed by atoms with van der Waals surface area (Å²) in [5.41, 5.74) is 0.932. The average Bonchev–Trinajstić information content (AvgIpc) is 2.73. The van der Waals surface area contributed by atoms with Gasteiger partial charge in [-0.3, -0.25) is 9.59 Å². The molecule has 1 N–H and O–H groups in total. The van der Waals surface area contributed by atoms with Gasteiger partial charge in [0, 0.05) is 26.6 Å². The molecule has 2 unspecified atom stereocenters. The lowest BCUT2D eigenvalue weighted by Crippen LogP contribution is -2.45. The highest BCUT2D eigenvalue weighted by atomic mass is 16.5. The number of hydrogen-bond donors (Lipinski definition) is 1. The molecule has 1 saturated heterocycles. The van der Waals surface area contributed by atoms with Crippen molar-refractivity contribution in [2.45, 2.75) is 39.2 Å². The smallest absolute Gasteiger partial charge is 0.225 e. The standard InChI is InChI=1S/C21H32N2O5/c1-5-20(24)23-10-6-7-17(14-23)21(25)22-15(2)16-8-9-18(19(13-16)27-4)28-12-11-26-3/h8-9,13,15,17H,5-7,10-12,14H2,1-4H3,(H,22,25). The topological polar surface area (TPSA) is 77.1 Å². The molecule has 0 spiro atoms. The predicted octanol–water partition coefficient (Wildman–Crippen LogP) is 2.55. The van der Waals surface area contributed by atoms with Gasteiger partial charge in [0.2, 0.25) is 11.8 Å². The summed E-state index contributed by atoms with van der Waals surface area (Å²) < 4.78 is 16.1. The van der Waals surface area contributed by atoms with E-state index in [4.69, 9.17) is 14.2 Å². The summed E-state index contributed by atoms with van der Waals surface area (Å²) in [7, 11) is 3.21. The number of nitrogens with zero attached hydrogens (tertiary/aromatic N) is 1. The molecule has 1 aromatic carbocycles. The molecule has 1 aliphatic rings. The Bertz CT molecular complexity index is 664. The van der Waals surface area contributed by atoms with E-state index < -0.39 is 0 Å². The number of carbonyl (C=O) groups excluding carboxylic acids is 2. The molecule has 28 heavy (non-hydrogen) atoms. The van der Waals surface area contributed by atoms with E-state index in [0.29, 0.717) is 37.7 Å². The third-order valence-corrected chi connectivity index (χ3v) is 5.04. The number of hydrogen-bond acceptors (Lipinski definition) is 5. The van der Waals surface area contributed by atoms with Gasteiger partial charge in [0.15, 0.2) is 11.5 Å². The van der Waals surface area contributed by atoms with E-state index in [1.807, 2.05) is 32.0 Å². The van der Waals surface area contributed by atoms with E-state index in [0.717, 1.165) is 24.9 Å². The van der Waals surface area contributed by atoms with Gasteiger partial charge < -0.3 is 24.4 Å². The Balaban J connectivity index is 1.98. The second-order valence-electron chi connectivity index (χ2n) is 7.01. The molecule has 0 saturated carbocycles. The molecule has 2 rings (SSSR count). The second-order valence-corrected chi connectivity index (χ2v) is 7.01. The Labute approximate surface area is 167 Å². The fourth-order valence-electron chi connectivity index (χ4n) is 3.36. The maximum atomic E-state index is 12.7. The van der Waals surface area contributed by atoms with Crippen LogP contribution in [0.15, 0.2) is 18.2 Å². The first-order valence-electron chi connectivity index (χ1n) is 9.87. The van der Waals surface area contributed by atoms with E-state index >= 15 is 0 Å². The zero-order chi connectivity index (χ0) is 20.5. The number of piperidine rings is 1. The molecule has 2 atom stereocenters. The lowest BCUT2D eigenvalue weighted by molar-refractivity contribution is -0.135. The van der Waals surface area contributed by atoms with Crippen molar-refractivity contribution < 1.29 is 23.8 Å². The lowest BCUT2D eigenvalue weighted by Gasteiger charge is -2.32. The minimum atomic E-state index is -0.174. The highest BCUT2D eigenvalue weighted by molar-refractivity contribution is 5.81. The van der Waals surface area contributed by atoms with Crippen LogP contribution in [0, 0.1) is 5.92 Å². The number of benzene rings is 1. The molecule has 0 radical (unpaired) electrons. The highest BCUT2D eigenvalue weighted by Gasteiger charge is 2.28. The maximum absolute atomic E-state index is 12.7. The van der Waals surface area contributed by atoms with E-state index in [1.165, 1.54) is 0 Å². The van der Waals surface area contributed by atoms with Crippen molar-refractivity contribution in [3.8, 4) is 11.5 Å². The number of nitrogens with one attached hydrogen (secondary N) is 1. The summed E-state index contributed by atoms with van der Waals surface area (Å²) in [5, 5.41) is 3.07. The van der Waals surface area contributed by atoms with E-state index in [-0.39, 0.29) is 23.8 Å². The van der Waals surface area contributed by atoms with Gasteiger partial charge in [-0.2, -0.15) is 0 Å². The normalized spacial score (nSPS) is 17.7. The van der Waals surface area contributed by atoms with E-state index in [9.17, 15) is 9.59 Å². The van der Waals surface area contributed by atoms with Crippen LogP contribution in [0.4, 0.5) is 0 Å². The molecule has 2 amide bonds. The van der Waals surface area contributed by atoms with Crippen molar-refractivity contribution in [3.63, 3.8) is 0 Å². The number of likely N-dealkylation sites (tertiary alicyclic amines) is 1. The molecular weight excluding hydrogens is 360 g/mol. The monoisotopic (exact) mass is 392 g/mol. The quantitative estimate of drug-likeness (QED) is 0.654. The minimum absolute atomic E-state index is 0.0134. The van der Waals surface area contributed by atoms with Crippen molar-refractivity contribution in [1.29, 1.82) is 0 Å². The summed E-state index contributed by atoms with van der Waals surface area (Å²) in [4.78, 5) is 26.5. The largest absolute Gasteiger partial charge is 0.493 e. The Morgan fingerprint density at radius 1 is 1.25 bits per heavy atom. The molecule has 0 aliphatic carbocycles. The number of carbonyl (C=O) groups is 2. The first kappa shape index (κ1) is 22.0. The number of rotatable bonds is 9. The lowest BCUT2D eigenvalue weighted by atomic mass is 9.96. The molecule has 7 heteroatoms. The highest BCUT2D eigenvalue weighted by Crippen LogP contribution is 2.30. The zero-order valence-electron chi connectivity index (χ0n) is 17.3. The van der Waals surface area contributed by atoms with Gasteiger partial charge in [0.1, 0.15) is 6.61 Å². The summed E-state index contributed by atoms with van der Waals surface area (Å²) in [6, 6.07) is 5.46. The fourth-order valence-corrected chi connectivity index (χ4v) is 3.36. The predicted molar refractivity (Wildman–Crippen MR) is 107 cm³/mol. The van der Waals surface area contributed by atoms with Crippen molar-refractivity contribution in [1.82, 2.24) is 10.2 Å². The molecule has 7 nitrogen and oxygen atoms in total. The van der Waals surface area contributed by atoms with Crippen LogP contribution in [-0.4, -0.2) is 57.2 Å². The van der Waals surface area contributed by atoms with E-state index in [1.54, 1.807) is 19.1 Å². The Hall–Kier alpha value is -2.28. The average molecular weight is 392 g/mol. The van der Waals surface area contributed by atoms with Gasteiger partial charge in [-0.05, 0) is 37.5 Å². The van der Waals surface area contributed by atoms with Gasteiger partial charge in [-0.25, -0.2) is 0 Å². The molecule has 0 aromatic heterocycles. The Morgan fingerprint density at radius 3 is 2.71 bits per heavy atom. The number of methoxy groups -OCH3 is 2. The number of ether oxygens (including phenoxy) is 3. The van der Waals surface area contributed by atoms with Crippen molar-refractivity contribution in [2.75, 3.05) is 40.5 Å². The van der Waals surface area contributed by atoms with Gasteiger partial charge in [-0.15, -0.1) is 0 Å². The zero-order valence-corrected chi connectivity index (χ0v) is 17.3. The minimum Gasteiger partial charge on any atom is -0.493 e. The van der Waals surface area contributed by atoms with Gasteiger partial charge in [0.05, 0.1) is 25.7 Å². The molecular formula is C21H32N2O5. The Morgan fingerprint density at radius 2 is 2.04 bits per heavy atom. The second kappa shape index (κ2) is 10.9. The van der Waals surface area contributed by atoms with Crippen molar-refractivity contribution >= 4 is 11.8 Å². The summed E-state index contributed by atoms with van der Waals surface area (Å²) in [5.74, 6) is 1.19. The van der Waals surface area contributed by atoms with E-state index in [2.05, 4.69) is 5.32 Å². The summed E-state index contributed by atoms with van der Waals surface area (Å²) >= 11 is 0. The van der Waals surface area contributed by atoms with Crippen LogP contribution in [-0.2, 0) is 14.3 Å². The third-order valence-electron chi connectivity index (χ3n) is 5.04. The maximum Gasteiger partial charge on any atom is 0.225 e. The molecule has 1 aromatic rings. The third kappa shape index (κ3) is 5.86. The molecule has 156 valence electrons. The van der Waals surface area contributed by atoms with Crippen LogP contribution in [0.3, 0.4) is 0 Å². The Kier molecular flexibility index (Phi) is 8.57. The molecule has 0 bridgehead atoms. The van der Waals surface area contributed by atoms with Crippen molar-refractivity contribution in [2.24, 2.45) is 5.92 Å². The van der Waals surface area contributed by atoms with Gasteiger partial charge >= 0.3 is 0 Å². The van der Waals surface area contributed by atoms with Crippen LogP contribution in [0.25, 0.3) is 0 Å². The van der Waals surface area contributed by atoms with Gasteiger partial charge in [-0.1, -0.05) is 13.0 Å². The molecule has 1 aliphatic heterocycles. The first-order valence-corrected chi connectivity index (χ1v) is 9.87. The molecule has 1 fully saturated rings.